The second kappa shape index (κ2) is 5.57. The van der Waals surface area contributed by atoms with Crippen LogP contribution < -0.4 is 0 Å². The maximum atomic E-state index is 12.1. The maximum absolute atomic E-state index is 12.1. The van der Waals surface area contributed by atoms with Crippen molar-refractivity contribution in [3.05, 3.63) is 35.9 Å². The first-order chi connectivity index (χ1) is 9.31. The van der Waals surface area contributed by atoms with E-state index >= 15 is 0 Å². The van der Waals surface area contributed by atoms with E-state index < -0.39 is 5.60 Å². The van der Waals surface area contributed by atoms with Crippen LogP contribution in [-0.2, 0) is 20.9 Å². The molecule has 0 aromatic heterocycles. The van der Waals surface area contributed by atoms with Crippen LogP contribution in [0.25, 0.3) is 0 Å². The summed E-state index contributed by atoms with van der Waals surface area (Å²) in [6, 6.07) is 10.1. The van der Waals surface area contributed by atoms with Gasteiger partial charge in [0.1, 0.15) is 5.60 Å². The highest BCUT2D eigenvalue weighted by atomic mass is 16.6. The Bertz CT molecular complexity index is 461. The van der Waals surface area contributed by atoms with E-state index in [0.717, 1.165) is 12.0 Å². The summed E-state index contributed by atoms with van der Waals surface area (Å²) >= 11 is 0. The molecule has 2 atom stereocenters. The fourth-order valence-electron chi connectivity index (χ4n) is 2.23. The van der Waals surface area contributed by atoms with E-state index in [-0.39, 0.29) is 17.3 Å². The molecule has 0 aliphatic heterocycles. The van der Waals surface area contributed by atoms with E-state index in [1.807, 2.05) is 58.0 Å². The fraction of sp³-hybridized carbons (Fsp3) is 0.588. The van der Waals surface area contributed by atoms with Crippen molar-refractivity contribution in [1.82, 2.24) is 0 Å². The Labute approximate surface area is 121 Å². The highest BCUT2D eigenvalue weighted by Gasteiger charge is 2.57. The van der Waals surface area contributed by atoms with Crippen molar-refractivity contribution in [3.63, 3.8) is 0 Å². The van der Waals surface area contributed by atoms with Gasteiger partial charge in [0.15, 0.2) is 0 Å². The number of hydrogen-bond donors (Lipinski definition) is 0. The number of carbonyl (C=O) groups is 1. The SMILES string of the molecule is CC(C)(C)OC(=O)C1(C)CC1COCc1ccccc1. The molecule has 1 fully saturated rings. The lowest BCUT2D eigenvalue weighted by Crippen LogP contribution is -2.29. The van der Waals surface area contributed by atoms with E-state index in [0.29, 0.717) is 13.2 Å². The molecule has 0 bridgehead atoms. The Kier molecular flexibility index (Phi) is 4.19. The first-order valence-corrected chi connectivity index (χ1v) is 7.16. The van der Waals surface area contributed by atoms with Gasteiger partial charge >= 0.3 is 5.97 Å². The molecular weight excluding hydrogens is 252 g/mol. The molecule has 0 heterocycles. The zero-order valence-corrected chi connectivity index (χ0v) is 12.8. The van der Waals surface area contributed by atoms with Gasteiger partial charge in [-0.25, -0.2) is 0 Å². The molecule has 3 heteroatoms. The highest BCUT2D eigenvalue weighted by Crippen LogP contribution is 2.53. The number of benzene rings is 1. The molecule has 20 heavy (non-hydrogen) atoms. The van der Waals surface area contributed by atoms with Gasteiger partial charge in [-0.2, -0.15) is 0 Å². The molecule has 1 aliphatic rings. The summed E-state index contributed by atoms with van der Waals surface area (Å²) in [7, 11) is 0. The zero-order chi connectivity index (χ0) is 14.8. The first-order valence-electron chi connectivity index (χ1n) is 7.16. The molecule has 1 aliphatic carbocycles. The molecule has 1 saturated carbocycles. The Morgan fingerprint density at radius 1 is 1.30 bits per heavy atom. The van der Waals surface area contributed by atoms with Gasteiger partial charge in [0.25, 0.3) is 0 Å². The number of ether oxygens (including phenoxy) is 2. The van der Waals surface area contributed by atoms with Crippen molar-refractivity contribution in [2.45, 2.75) is 46.3 Å². The summed E-state index contributed by atoms with van der Waals surface area (Å²) in [5, 5.41) is 0. The van der Waals surface area contributed by atoms with Crippen LogP contribution in [0.15, 0.2) is 30.3 Å². The van der Waals surface area contributed by atoms with E-state index in [4.69, 9.17) is 9.47 Å². The van der Waals surface area contributed by atoms with Crippen molar-refractivity contribution < 1.29 is 14.3 Å². The van der Waals surface area contributed by atoms with Gasteiger partial charge in [-0.3, -0.25) is 4.79 Å². The molecular formula is C17H24O3. The van der Waals surface area contributed by atoms with Crippen molar-refractivity contribution >= 4 is 5.97 Å². The molecule has 2 unspecified atom stereocenters. The molecule has 1 aromatic rings. The Morgan fingerprint density at radius 3 is 2.55 bits per heavy atom. The van der Waals surface area contributed by atoms with Crippen LogP contribution in [0.1, 0.15) is 39.7 Å². The molecule has 0 spiro atoms. The smallest absolute Gasteiger partial charge is 0.312 e. The van der Waals surface area contributed by atoms with Crippen LogP contribution in [0.4, 0.5) is 0 Å². The summed E-state index contributed by atoms with van der Waals surface area (Å²) in [5.41, 5.74) is 0.384. The summed E-state index contributed by atoms with van der Waals surface area (Å²) in [6.45, 7) is 8.89. The summed E-state index contributed by atoms with van der Waals surface area (Å²) in [4.78, 5) is 12.1. The van der Waals surface area contributed by atoms with Crippen LogP contribution in [-0.4, -0.2) is 18.2 Å². The summed E-state index contributed by atoms with van der Waals surface area (Å²) in [5.74, 6) is 0.180. The van der Waals surface area contributed by atoms with Crippen molar-refractivity contribution in [3.8, 4) is 0 Å². The minimum Gasteiger partial charge on any atom is -0.460 e. The molecule has 3 nitrogen and oxygen atoms in total. The van der Waals surface area contributed by atoms with Gasteiger partial charge in [-0.05, 0) is 45.6 Å². The van der Waals surface area contributed by atoms with E-state index in [1.165, 1.54) is 0 Å². The normalized spacial score (nSPS) is 25.3. The number of esters is 1. The van der Waals surface area contributed by atoms with Gasteiger partial charge < -0.3 is 9.47 Å². The van der Waals surface area contributed by atoms with Gasteiger partial charge in [-0.15, -0.1) is 0 Å². The minimum atomic E-state index is -0.419. The Morgan fingerprint density at radius 2 is 1.95 bits per heavy atom. The molecule has 1 aromatic carbocycles. The minimum absolute atomic E-state index is 0.0988. The van der Waals surface area contributed by atoms with E-state index in [9.17, 15) is 4.79 Å². The Balaban J connectivity index is 1.75. The number of hydrogen-bond acceptors (Lipinski definition) is 3. The standard InChI is InChI=1S/C17H24O3/c1-16(2,3)20-15(18)17(4)10-14(17)12-19-11-13-8-6-5-7-9-13/h5-9,14H,10-12H2,1-4H3. The van der Waals surface area contributed by atoms with Crippen molar-refractivity contribution in [1.29, 1.82) is 0 Å². The lowest BCUT2D eigenvalue weighted by Gasteiger charge is -2.22. The second-order valence-corrected chi connectivity index (χ2v) is 6.82. The highest BCUT2D eigenvalue weighted by molar-refractivity contribution is 5.80. The van der Waals surface area contributed by atoms with Gasteiger partial charge in [0, 0.05) is 0 Å². The average molecular weight is 276 g/mol. The monoisotopic (exact) mass is 276 g/mol. The maximum Gasteiger partial charge on any atom is 0.312 e. The third-order valence-corrected chi connectivity index (χ3v) is 3.71. The lowest BCUT2D eigenvalue weighted by molar-refractivity contribution is -0.162. The van der Waals surface area contributed by atoms with Crippen LogP contribution >= 0.6 is 0 Å². The lowest BCUT2D eigenvalue weighted by atomic mass is 10.1. The van der Waals surface area contributed by atoms with Crippen LogP contribution in [0.5, 0.6) is 0 Å². The van der Waals surface area contributed by atoms with Crippen LogP contribution in [0.3, 0.4) is 0 Å². The number of carbonyl (C=O) groups excluding carboxylic acids is 1. The topological polar surface area (TPSA) is 35.5 Å². The molecule has 0 N–H and O–H groups in total. The summed E-state index contributed by atoms with van der Waals surface area (Å²) in [6.07, 6.45) is 0.858. The van der Waals surface area contributed by atoms with Gasteiger partial charge in [-0.1, -0.05) is 30.3 Å². The third kappa shape index (κ3) is 3.83. The zero-order valence-electron chi connectivity index (χ0n) is 12.8. The molecule has 0 saturated heterocycles. The van der Waals surface area contributed by atoms with Crippen LogP contribution in [0, 0.1) is 11.3 Å². The van der Waals surface area contributed by atoms with Crippen molar-refractivity contribution in [2.24, 2.45) is 11.3 Å². The molecule has 0 amide bonds. The molecule has 110 valence electrons. The first kappa shape index (κ1) is 15.0. The van der Waals surface area contributed by atoms with Gasteiger partial charge in [0.05, 0.1) is 18.6 Å². The average Bonchev–Trinajstić information content (AvgIpc) is 3.01. The van der Waals surface area contributed by atoms with E-state index in [2.05, 4.69) is 0 Å². The van der Waals surface area contributed by atoms with Gasteiger partial charge in [0.2, 0.25) is 0 Å². The third-order valence-electron chi connectivity index (χ3n) is 3.71. The molecule has 2 rings (SSSR count). The fourth-order valence-corrected chi connectivity index (χ4v) is 2.23. The van der Waals surface area contributed by atoms with E-state index in [1.54, 1.807) is 0 Å². The number of rotatable bonds is 5. The quantitative estimate of drug-likeness (QED) is 0.771. The predicted molar refractivity (Wildman–Crippen MR) is 78.2 cm³/mol. The largest absolute Gasteiger partial charge is 0.460 e. The van der Waals surface area contributed by atoms with Crippen LogP contribution in [0.2, 0.25) is 0 Å². The predicted octanol–water partition coefficient (Wildman–Crippen LogP) is 3.57. The molecule has 0 radical (unpaired) electrons. The Hall–Kier alpha value is -1.35. The van der Waals surface area contributed by atoms with Crippen molar-refractivity contribution in [2.75, 3.05) is 6.61 Å². The second-order valence-electron chi connectivity index (χ2n) is 6.82. The summed E-state index contributed by atoms with van der Waals surface area (Å²) < 4.78 is 11.2.